The second-order valence-corrected chi connectivity index (χ2v) is 5.13. The summed E-state index contributed by atoms with van der Waals surface area (Å²) in [7, 11) is 0. The molecule has 0 aromatic heterocycles. The summed E-state index contributed by atoms with van der Waals surface area (Å²) in [6.07, 6.45) is 4.80. The van der Waals surface area contributed by atoms with Gasteiger partial charge in [-0.25, -0.2) is 0 Å². The van der Waals surface area contributed by atoms with E-state index in [1.54, 1.807) is 0 Å². The fraction of sp³-hybridized carbons (Fsp3) is 0.917. The molecule has 1 aliphatic heterocycles. The minimum absolute atomic E-state index is 0.360. The first-order valence-corrected chi connectivity index (χ1v) is 5.96. The highest BCUT2D eigenvalue weighted by Gasteiger charge is 2.36. The smallest absolute Gasteiger partial charge is 0.141 e. The van der Waals surface area contributed by atoms with Gasteiger partial charge in [-0.15, -0.1) is 0 Å². The van der Waals surface area contributed by atoms with Crippen molar-refractivity contribution in [3.8, 4) is 0 Å². The number of carbonyl (C=O) groups is 1. The molecule has 2 bridgehead atoms. The molecular weight excluding hydrogens is 174 g/mol. The minimum Gasteiger partial charge on any atom is -0.300 e. The summed E-state index contributed by atoms with van der Waals surface area (Å²) < 4.78 is 0. The van der Waals surface area contributed by atoms with Crippen molar-refractivity contribution in [3.63, 3.8) is 0 Å². The van der Waals surface area contributed by atoms with Gasteiger partial charge in [-0.05, 0) is 26.7 Å². The number of fused-ring (bicyclic) bond motifs is 2. The Morgan fingerprint density at radius 2 is 1.64 bits per heavy atom. The van der Waals surface area contributed by atoms with Crippen molar-refractivity contribution in [2.45, 2.75) is 45.6 Å². The molecule has 1 saturated carbocycles. The summed E-state index contributed by atoms with van der Waals surface area (Å²) in [6, 6.07) is 0.603. The maximum absolute atomic E-state index is 12.0. The molecule has 1 aliphatic carbocycles. The molecule has 0 amide bonds. The molecule has 2 aliphatic rings. The number of hydrogen-bond acceptors (Lipinski definition) is 2. The first-order chi connectivity index (χ1) is 6.68. The summed E-state index contributed by atoms with van der Waals surface area (Å²) in [4.78, 5) is 14.5. The minimum atomic E-state index is 0.360. The van der Waals surface area contributed by atoms with E-state index in [-0.39, 0.29) is 0 Å². The SMILES string of the molecule is CC(C)N1C[C@H]2CCCC[C@@H](C1)C2=O. The first kappa shape index (κ1) is 10.2. The van der Waals surface area contributed by atoms with Crippen molar-refractivity contribution < 1.29 is 4.79 Å². The van der Waals surface area contributed by atoms with Crippen molar-refractivity contribution >= 4 is 5.78 Å². The van der Waals surface area contributed by atoms with Crippen molar-refractivity contribution in [1.29, 1.82) is 0 Å². The molecule has 0 radical (unpaired) electrons. The predicted molar refractivity (Wildman–Crippen MR) is 57.2 cm³/mol. The van der Waals surface area contributed by atoms with E-state index in [4.69, 9.17) is 0 Å². The van der Waals surface area contributed by atoms with Gasteiger partial charge in [0.05, 0.1) is 0 Å². The lowest BCUT2D eigenvalue weighted by Gasteiger charge is -2.37. The highest BCUT2D eigenvalue weighted by molar-refractivity contribution is 5.84. The summed E-state index contributed by atoms with van der Waals surface area (Å²) in [5, 5.41) is 0. The van der Waals surface area contributed by atoms with Crippen LogP contribution in [0, 0.1) is 11.8 Å². The van der Waals surface area contributed by atoms with E-state index in [9.17, 15) is 4.79 Å². The van der Waals surface area contributed by atoms with Crippen molar-refractivity contribution in [3.05, 3.63) is 0 Å². The largest absolute Gasteiger partial charge is 0.300 e. The molecule has 2 atom stereocenters. The van der Waals surface area contributed by atoms with E-state index in [0.717, 1.165) is 25.9 Å². The first-order valence-electron chi connectivity index (χ1n) is 5.96. The van der Waals surface area contributed by atoms with Crippen LogP contribution < -0.4 is 0 Å². The second kappa shape index (κ2) is 4.01. The normalized spacial score (nSPS) is 34.6. The van der Waals surface area contributed by atoms with Crippen LogP contribution in [0.5, 0.6) is 0 Å². The Hall–Kier alpha value is -0.370. The number of likely N-dealkylation sites (tertiary alicyclic amines) is 1. The van der Waals surface area contributed by atoms with Gasteiger partial charge in [-0.3, -0.25) is 9.69 Å². The zero-order valence-corrected chi connectivity index (χ0v) is 9.33. The van der Waals surface area contributed by atoms with Crippen LogP contribution in [0.3, 0.4) is 0 Å². The van der Waals surface area contributed by atoms with Crippen LogP contribution in [0.4, 0.5) is 0 Å². The Labute approximate surface area is 86.7 Å². The fourth-order valence-electron chi connectivity index (χ4n) is 2.82. The Bertz CT molecular complexity index is 206. The molecule has 2 fully saturated rings. The molecule has 1 heterocycles. The molecule has 14 heavy (non-hydrogen) atoms. The third kappa shape index (κ3) is 1.85. The maximum Gasteiger partial charge on any atom is 0.141 e. The van der Waals surface area contributed by atoms with Crippen LogP contribution in [0.15, 0.2) is 0 Å². The van der Waals surface area contributed by atoms with Crippen LogP contribution in [-0.2, 0) is 4.79 Å². The summed E-state index contributed by atoms with van der Waals surface area (Å²) in [5.41, 5.74) is 0. The van der Waals surface area contributed by atoms with Gasteiger partial charge in [0.25, 0.3) is 0 Å². The van der Waals surface area contributed by atoms with Crippen LogP contribution in [0.2, 0.25) is 0 Å². The second-order valence-electron chi connectivity index (χ2n) is 5.13. The Kier molecular flexibility index (Phi) is 2.91. The number of ketones is 1. The lowest BCUT2D eigenvalue weighted by molar-refractivity contribution is -0.131. The third-order valence-corrected chi connectivity index (χ3v) is 3.80. The van der Waals surface area contributed by atoms with Gasteiger partial charge in [-0.2, -0.15) is 0 Å². The molecule has 2 heteroatoms. The van der Waals surface area contributed by atoms with E-state index < -0.39 is 0 Å². The monoisotopic (exact) mass is 195 g/mol. The molecule has 0 unspecified atom stereocenters. The number of Topliss-reactive ketones (excluding diaryl/α,β-unsaturated/α-hetero) is 1. The van der Waals surface area contributed by atoms with Crippen LogP contribution in [0.1, 0.15) is 39.5 Å². The Morgan fingerprint density at radius 1 is 1.14 bits per heavy atom. The average molecular weight is 195 g/mol. The van der Waals surface area contributed by atoms with E-state index in [2.05, 4.69) is 18.7 Å². The van der Waals surface area contributed by atoms with E-state index in [1.807, 2.05) is 0 Å². The standard InChI is InChI=1S/C12H21NO/c1-9(2)13-7-10-5-3-4-6-11(8-13)12(10)14/h9-11H,3-8H2,1-2H3/t10-,11+. The van der Waals surface area contributed by atoms with Gasteiger partial charge in [0.2, 0.25) is 0 Å². The quantitative estimate of drug-likeness (QED) is 0.638. The molecule has 0 aromatic carbocycles. The summed E-state index contributed by atoms with van der Waals surface area (Å²) in [5.74, 6) is 1.29. The van der Waals surface area contributed by atoms with Crippen LogP contribution in [0.25, 0.3) is 0 Å². The molecule has 2 rings (SSSR count). The molecule has 0 aromatic rings. The topological polar surface area (TPSA) is 20.3 Å². The number of carbonyl (C=O) groups excluding carboxylic acids is 1. The van der Waals surface area contributed by atoms with Gasteiger partial charge in [-0.1, -0.05) is 12.8 Å². The van der Waals surface area contributed by atoms with E-state index in [0.29, 0.717) is 23.7 Å². The lowest BCUT2D eigenvalue weighted by atomic mass is 9.86. The highest BCUT2D eigenvalue weighted by atomic mass is 16.1. The van der Waals surface area contributed by atoms with Gasteiger partial charge < -0.3 is 0 Å². The summed E-state index contributed by atoms with van der Waals surface area (Å²) in [6.45, 7) is 6.52. The van der Waals surface area contributed by atoms with Crippen LogP contribution in [-0.4, -0.2) is 29.8 Å². The zero-order chi connectivity index (χ0) is 10.1. The zero-order valence-electron chi connectivity index (χ0n) is 9.33. The third-order valence-electron chi connectivity index (χ3n) is 3.80. The number of rotatable bonds is 1. The van der Waals surface area contributed by atoms with Crippen molar-refractivity contribution in [2.24, 2.45) is 11.8 Å². The number of hydrogen-bond donors (Lipinski definition) is 0. The molecule has 80 valence electrons. The molecule has 0 spiro atoms. The number of nitrogens with zero attached hydrogens (tertiary/aromatic N) is 1. The fourth-order valence-corrected chi connectivity index (χ4v) is 2.82. The average Bonchev–Trinajstić information content (AvgIpc) is 2.28. The molecule has 1 saturated heterocycles. The molecular formula is C12H21NO. The van der Waals surface area contributed by atoms with E-state index >= 15 is 0 Å². The highest BCUT2D eigenvalue weighted by Crippen LogP contribution is 2.30. The summed E-state index contributed by atoms with van der Waals surface area (Å²) >= 11 is 0. The molecule has 2 nitrogen and oxygen atoms in total. The van der Waals surface area contributed by atoms with Crippen molar-refractivity contribution in [1.82, 2.24) is 4.90 Å². The van der Waals surface area contributed by atoms with Crippen LogP contribution >= 0.6 is 0 Å². The van der Waals surface area contributed by atoms with E-state index in [1.165, 1.54) is 12.8 Å². The lowest BCUT2D eigenvalue weighted by Crippen LogP contribution is -2.48. The van der Waals surface area contributed by atoms with Gasteiger partial charge in [0.15, 0.2) is 0 Å². The maximum atomic E-state index is 12.0. The van der Waals surface area contributed by atoms with Crippen molar-refractivity contribution in [2.75, 3.05) is 13.1 Å². The van der Waals surface area contributed by atoms with Gasteiger partial charge >= 0.3 is 0 Å². The predicted octanol–water partition coefficient (Wildman–Crippen LogP) is 2.09. The Morgan fingerprint density at radius 3 is 2.07 bits per heavy atom. The Balaban J connectivity index is 2.10. The molecule has 0 N–H and O–H groups in total. The van der Waals surface area contributed by atoms with Gasteiger partial charge in [0.1, 0.15) is 5.78 Å². The number of piperidine rings is 1. The van der Waals surface area contributed by atoms with Gasteiger partial charge in [0, 0.05) is 31.0 Å².